The zero-order valence-electron chi connectivity index (χ0n) is 14.1. The second kappa shape index (κ2) is 8.00. The van der Waals surface area contributed by atoms with E-state index in [2.05, 4.69) is 17.4 Å². The minimum Gasteiger partial charge on any atom is -0.322 e. The largest absolute Gasteiger partial charge is 0.322 e. The Morgan fingerprint density at radius 2 is 1.64 bits per heavy atom. The lowest BCUT2D eigenvalue weighted by Crippen LogP contribution is -2.15. The van der Waals surface area contributed by atoms with Crippen LogP contribution in [0.2, 0.25) is 5.02 Å². The normalized spacial score (nSPS) is 10.5. The highest BCUT2D eigenvalue weighted by Crippen LogP contribution is 2.22. The minimum absolute atomic E-state index is 0.103. The number of nitrogens with one attached hydrogen (secondary N) is 1. The van der Waals surface area contributed by atoms with E-state index >= 15 is 0 Å². The molecule has 0 saturated carbocycles. The number of hydrogen-bond acceptors (Lipinski definition) is 1. The molecule has 0 heterocycles. The molecule has 0 bridgehead atoms. The van der Waals surface area contributed by atoms with Crippen LogP contribution in [-0.4, -0.2) is 5.91 Å². The summed E-state index contributed by atoms with van der Waals surface area (Å²) in [5, 5.41) is 3.59. The van der Waals surface area contributed by atoms with E-state index in [1.54, 1.807) is 6.07 Å². The second-order valence-electron chi connectivity index (χ2n) is 6.06. The van der Waals surface area contributed by atoms with Crippen LogP contribution in [0.4, 0.5) is 5.69 Å². The first kappa shape index (κ1) is 17.2. The molecule has 25 heavy (non-hydrogen) atoms. The van der Waals surface area contributed by atoms with E-state index in [4.69, 9.17) is 11.6 Å². The van der Waals surface area contributed by atoms with Gasteiger partial charge in [0, 0.05) is 16.3 Å². The van der Waals surface area contributed by atoms with Crippen LogP contribution in [0, 0.1) is 6.92 Å². The van der Waals surface area contributed by atoms with Gasteiger partial charge in [0.2, 0.25) is 0 Å². The molecule has 0 aliphatic carbocycles. The summed E-state index contributed by atoms with van der Waals surface area (Å²) in [6.07, 6.45) is 1.73. The Hall–Kier alpha value is -2.58. The molecule has 0 spiro atoms. The van der Waals surface area contributed by atoms with Crippen LogP contribution < -0.4 is 5.32 Å². The maximum atomic E-state index is 12.8. The van der Waals surface area contributed by atoms with Gasteiger partial charge < -0.3 is 5.32 Å². The van der Waals surface area contributed by atoms with E-state index in [0.717, 1.165) is 29.7 Å². The van der Waals surface area contributed by atoms with Crippen LogP contribution in [0.5, 0.6) is 0 Å². The highest BCUT2D eigenvalue weighted by molar-refractivity contribution is 6.31. The average Bonchev–Trinajstić information content (AvgIpc) is 2.64. The number of amides is 1. The average molecular weight is 350 g/mol. The highest BCUT2D eigenvalue weighted by Gasteiger charge is 2.12. The third kappa shape index (κ3) is 4.49. The molecular weight excluding hydrogens is 330 g/mol. The molecule has 0 saturated heterocycles. The summed E-state index contributed by atoms with van der Waals surface area (Å²) in [7, 11) is 0. The molecule has 3 aromatic rings. The first-order valence-electron chi connectivity index (χ1n) is 8.33. The number of benzene rings is 3. The minimum atomic E-state index is -0.103. The summed E-state index contributed by atoms with van der Waals surface area (Å²) in [5.41, 5.74) is 4.75. The first-order valence-corrected chi connectivity index (χ1v) is 8.70. The lowest BCUT2D eigenvalue weighted by molar-refractivity contribution is 0.102. The molecule has 0 radical (unpaired) electrons. The topological polar surface area (TPSA) is 29.1 Å². The second-order valence-corrected chi connectivity index (χ2v) is 6.49. The number of carbonyl (C=O) groups is 1. The predicted octanol–water partition coefficient (Wildman–Crippen LogP) is 5.69. The Morgan fingerprint density at radius 3 is 2.44 bits per heavy atom. The Kier molecular flexibility index (Phi) is 5.52. The van der Waals surface area contributed by atoms with Gasteiger partial charge in [-0.05, 0) is 54.7 Å². The highest BCUT2D eigenvalue weighted by atomic mass is 35.5. The number of anilines is 1. The Labute approximate surface area is 153 Å². The zero-order valence-corrected chi connectivity index (χ0v) is 14.9. The fourth-order valence-electron chi connectivity index (χ4n) is 2.80. The van der Waals surface area contributed by atoms with E-state index in [1.165, 1.54) is 5.56 Å². The van der Waals surface area contributed by atoms with Crippen LogP contribution >= 0.6 is 11.6 Å². The molecule has 0 aliphatic rings. The van der Waals surface area contributed by atoms with Crippen molar-refractivity contribution in [3.8, 4) is 0 Å². The number of carbonyl (C=O) groups excluding carboxylic acids is 1. The van der Waals surface area contributed by atoms with E-state index in [-0.39, 0.29) is 5.91 Å². The molecule has 126 valence electrons. The van der Waals surface area contributed by atoms with Gasteiger partial charge in [0.25, 0.3) is 5.91 Å². The molecule has 1 amide bonds. The van der Waals surface area contributed by atoms with Crippen LogP contribution in [0.25, 0.3) is 0 Å². The first-order chi connectivity index (χ1) is 12.1. The van der Waals surface area contributed by atoms with Gasteiger partial charge in [-0.15, -0.1) is 0 Å². The molecule has 1 N–H and O–H groups in total. The van der Waals surface area contributed by atoms with Crippen molar-refractivity contribution in [1.29, 1.82) is 0 Å². The van der Waals surface area contributed by atoms with Crippen molar-refractivity contribution >= 4 is 23.2 Å². The summed E-state index contributed by atoms with van der Waals surface area (Å²) >= 11 is 6.04. The van der Waals surface area contributed by atoms with Crippen molar-refractivity contribution in [1.82, 2.24) is 0 Å². The van der Waals surface area contributed by atoms with E-state index < -0.39 is 0 Å². The van der Waals surface area contributed by atoms with Gasteiger partial charge in [0.05, 0.1) is 0 Å². The van der Waals surface area contributed by atoms with Crippen LogP contribution in [0.15, 0.2) is 72.8 Å². The number of rotatable bonds is 5. The van der Waals surface area contributed by atoms with Crippen molar-refractivity contribution in [2.24, 2.45) is 0 Å². The molecule has 0 fully saturated rings. The van der Waals surface area contributed by atoms with Gasteiger partial charge in [0.1, 0.15) is 0 Å². The fourth-order valence-corrected chi connectivity index (χ4v) is 2.97. The molecule has 2 nitrogen and oxygen atoms in total. The third-order valence-electron chi connectivity index (χ3n) is 4.24. The van der Waals surface area contributed by atoms with Crippen LogP contribution in [0.3, 0.4) is 0 Å². The van der Waals surface area contributed by atoms with Gasteiger partial charge in [-0.3, -0.25) is 4.79 Å². The summed E-state index contributed by atoms with van der Waals surface area (Å²) in [6.45, 7) is 1.95. The number of halogens is 1. The Morgan fingerprint density at radius 1 is 0.920 bits per heavy atom. The zero-order chi connectivity index (χ0) is 17.6. The van der Waals surface area contributed by atoms with Crippen LogP contribution in [-0.2, 0) is 12.8 Å². The summed E-state index contributed by atoms with van der Waals surface area (Å²) in [5.74, 6) is -0.103. The molecule has 3 heteroatoms. The van der Waals surface area contributed by atoms with Crippen molar-refractivity contribution in [3.63, 3.8) is 0 Å². The SMILES string of the molecule is Cc1ccc(Cl)cc1NC(=O)c1ccccc1CCc1ccccc1. The van der Waals surface area contributed by atoms with E-state index in [9.17, 15) is 4.79 Å². The molecule has 3 rings (SSSR count). The molecular formula is C22H20ClNO. The van der Waals surface area contributed by atoms with E-state index in [0.29, 0.717) is 10.6 Å². The van der Waals surface area contributed by atoms with Crippen molar-refractivity contribution in [3.05, 3.63) is 100 Å². The maximum Gasteiger partial charge on any atom is 0.255 e. The summed E-state index contributed by atoms with van der Waals surface area (Å²) in [6, 6.07) is 23.6. The fraction of sp³-hybridized carbons (Fsp3) is 0.136. The summed E-state index contributed by atoms with van der Waals surface area (Å²) < 4.78 is 0. The monoisotopic (exact) mass is 349 g/mol. The standard InChI is InChI=1S/C22H20ClNO/c1-16-11-14-19(23)15-21(16)24-22(25)20-10-6-5-9-18(20)13-12-17-7-3-2-4-8-17/h2-11,14-15H,12-13H2,1H3,(H,24,25). The van der Waals surface area contributed by atoms with Gasteiger partial charge in [-0.2, -0.15) is 0 Å². The predicted molar refractivity (Wildman–Crippen MR) is 104 cm³/mol. The summed E-state index contributed by atoms with van der Waals surface area (Å²) in [4.78, 5) is 12.8. The molecule has 0 atom stereocenters. The van der Waals surface area contributed by atoms with Gasteiger partial charge >= 0.3 is 0 Å². The lowest BCUT2D eigenvalue weighted by atomic mass is 9.99. The number of aryl methyl sites for hydroxylation is 3. The van der Waals surface area contributed by atoms with Crippen molar-refractivity contribution in [2.45, 2.75) is 19.8 Å². The third-order valence-corrected chi connectivity index (χ3v) is 4.47. The lowest BCUT2D eigenvalue weighted by Gasteiger charge is -2.12. The number of hydrogen-bond donors (Lipinski definition) is 1. The Bertz CT molecular complexity index is 874. The van der Waals surface area contributed by atoms with Crippen molar-refractivity contribution in [2.75, 3.05) is 5.32 Å². The maximum absolute atomic E-state index is 12.8. The molecule has 0 aliphatic heterocycles. The smallest absolute Gasteiger partial charge is 0.255 e. The molecule has 0 aromatic heterocycles. The van der Waals surface area contributed by atoms with Crippen molar-refractivity contribution < 1.29 is 4.79 Å². The quantitative estimate of drug-likeness (QED) is 0.630. The molecule has 0 unspecified atom stereocenters. The molecule has 3 aromatic carbocycles. The van der Waals surface area contributed by atoms with Gasteiger partial charge in [-0.25, -0.2) is 0 Å². The van der Waals surface area contributed by atoms with Gasteiger partial charge in [0.15, 0.2) is 0 Å². The van der Waals surface area contributed by atoms with Crippen LogP contribution in [0.1, 0.15) is 27.0 Å². The Balaban J connectivity index is 1.77. The van der Waals surface area contributed by atoms with E-state index in [1.807, 2.05) is 61.5 Å². The van der Waals surface area contributed by atoms with Gasteiger partial charge in [-0.1, -0.05) is 66.2 Å².